The summed E-state index contributed by atoms with van der Waals surface area (Å²) < 4.78 is 47.5. The number of ether oxygens (including phenoxy) is 3. The molecule has 6 rings (SSSR count). The Labute approximate surface area is 456 Å². The molecular formula is C61H77F3N4O10. The summed E-state index contributed by atoms with van der Waals surface area (Å²) in [6, 6.07) is 33.6. The van der Waals surface area contributed by atoms with Gasteiger partial charge in [0.05, 0.1) is 26.3 Å². The number of ketones is 2. The molecule has 0 radical (unpaired) electrons. The summed E-state index contributed by atoms with van der Waals surface area (Å²) in [5, 5.41) is 15.7. The van der Waals surface area contributed by atoms with Crippen molar-refractivity contribution >= 4 is 46.8 Å². The van der Waals surface area contributed by atoms with Gasteiger partial charge in [-0.05, 0) is 168 Å². The maximum absolute atomic E-state index is 13.6. The van der Waals surface area contributed by atoms with Crippen LogP contribution in [0.25, 0.3) is 0 Å². The van der Waals surface area contributed by atoms with Crippen LogP contribution in [0.4, 0.5) is 29.3 Å². The fourth-order valence-electron chi connectivity index (χ4n) is 9.24. The Morgan fingerprint density at radius 2 is 1.00 bits per heavy atom. The Morgan fingerprint density at radius 1 is 0.615 bits per heavy atom. The number of allylic oxidation sites excluding steroid dienone is 2. The average Bonchev–Trinajstić information content (AvgIpc) is 4.17. The fourth-order valence-corrected chi connectivity index (χ4v) is 9.24. The highest BCUT2D eigenvalue weighted by molar-refractivity contribution is 6.00. The number of hydrogen-bond acceptors (Lipinski definition) is 10. The van der Waals surface area contributed by atoms with Crippen molar-refractivity contribution in [3.05, 3.63) is 145 Å². The second-order valence-electron chi connectivity index (χ2n) is 20.6. The molecule has 0 spiro atoms. The summed E-state index contributed by atoms with van der Waals surface area (Å²) in [7, 11) is 3.19. The normalized spacial score (nSPS) is 15.3. The lowest BCUT2D eigenvalue weighted by atomic mass is 9.87. The van der Waals surface area contributed by atoms with Crippen molar-refractivity contribution in [2.45, 2.75) is 135 Å². The van der Waals surface area contributed by atoms with Crippen LogP contribution in [0.3, 0.4) is 0 Å². The van der Waals surface area contributed by atoms with E-state index in [-0.39, 0.29) is 47.6 Å². The van der Waals surface area contributed by atoms with Crippen LogP contribution in [0.15, 0.2) is 133 Å². The number of hydrogen-bond donors (Lipinski definition) is 5. The van der Waals surface area contributed by atoms with E-state index < -0.39 is 35.9 Å². The van der Waals surface area contributed by atoms with Crippen molar-refractivity contribution in [3.63, 3.8) is 0 Å². The van der Waals surface area contributed by atoms with Gasteiger partial charge in [-0.25, -0.2) is 9.59 Å². The number of alkyl halides is 3. The minimum Gasteiger partial charge on any atom is -0.497 e. The second-order valence-corrected chi connectivity index (χ2v) is 20.6. The van der Waals surface area contributed by atoms with Crippen molar-refractivity contribution < 1.29 is 61.3 Å². The molecule has 4 aromatic carbocycles. The van der Waals surface area contributed by atoms with E-state index in [9.17, 15) is 37.1 Å². The van der Waals surface area contributed by atoms with E-state index in [2.05, 4.69) is 40.2 Å². The molecule has 0 aliphatic heterocycles. The molecule has 2 saturated carbocycles. The molecule has 14 nitrogen and oxygen atoms in total. The Balaban J connectivity index is 0.000000304. The van der Waals surface area contributed by atoms with Gasteiger partial charge in [0.25, 0.3) is 0 Å². The Morgan fingerprint density at radius 3 is 1.37 bits per heavy atom. The van der Waals surface area contributed by atoms with Crippen LogP contribution in [0.2, 0.25) is 0 Å². The number of alkyl carbamates (subject to hydrolysis) is 1. The number of nitrogens with one attached hydrogen (secondary N) is 3. The Bertz CT molecular complexity index is 2540. The fraction of sp³-hybridized carbons (Fsp3) is 0.443. The van der Waals surface area contributed by atoms with E-state index in [0.717, 1.165) is 76.4 Å². The SMILES string of the molecule is COc1ccc(NC(=O)/C=C/[C@H](CCc2ccccc2)CC(=O)[C@@H](N)C2CCCC2)cc1.COc1ccc(NC(=O)/C=C/[C@H](CCc2ccccc2)CC(=O)[C@@H](NC(=O)OC(C)(C)C)C2CCCC2)cc1.O=C(O)C(F)(F)F. The van der Waals surface area contributed by atoms with Gasteiger partial charge in [-0.1, -0.05) is 98.5 Å². The highest BCUT2D eigenvalue weighted by Gasteiger charge is 2.38. The predicted molar refractivity (Wildman–Crippen MR) is 296 cm³/mol. The van der Waals surface area contributed by atoms with Crippen molar-refractivity contribution in [2.24, 2.45) is 29.4 Å². The molecule has 0 unspecified atom stereocenters. The van der Waals surface area contributed by atoms with Crippen LogP contribution >= 0.6 is 0 Å². The molecule has 2 aliphatic rings. The van der Waals surface area contributed by atoms with Gasteiger partial charge in [0.2, 0.25) is 11.8 Å². The third-order valence-electron chi connectivity index (χ3n) is 13.4. The number of carbonyl (C=O) groups excluding carboxylic acids is 5. The number of Topliss-reactive ketones (excluding diaryl/α,β-unsaturated/α-hetero) is 2. The third kappa shape index (κ3) is 24.4. The van der Waals surface area contributed by atoms with E-state index in [1.54, 1.807) is 83.5 Å². The molecule has 17 heteroatoms. The molecular weight excluding hydrogens is 1010 g/mol. The highest BCUT2D eigenvalue weighted by Crippen LogP contribution is 2.31. The molecule has 2 fully saturated rings. The van der Waals surface area contributed by atoms with E-state index >= 15 is 0 Å². The third-order valence-corrected chi connectivity index (χ3v) is 13.4. The monoisotopic (exact) mass is 1080 g/mol. The van der Waals surface area contributed by atoms with Gasteiger partial charge in [0, 0.05) is 24.2 Å². The van der Waals surface area contributed by atoms with E-state index in [0.29, 0.717) is 35.9 Å². The van der Waals surface area contributed by atoms with E-state index in [1.165, 1.54) is 23.3 Å². The maximum atomic E-state index is 13.6. The highest BCUT2D eigenvalue weighted by atomic mass is 19.4. The number of aliphatic carboxylic acids is 1. The summed E-state index contributed by atoms with van der Waals surface area (Å²) in [5.41, 5.74) is 9.40. The number of carboxylic acids is 1. The lowest BCUT2D eigenvalue weighted by Crippen LogP contribution is -2.47. The zero-order valence-electron chi connectivity index (χ0n) is 45.4. The first-order valence-corrected chi connectivity index (χ1v) is 26.6. The smallest absolute Gasteiger partial charge is 0.490 e. The lowest BCUT2D eigenvalue weighted by Gasteiger charge is -2.27. The number of nitrogens with two attached hydrogens (primary N) is 1. The number of benzene rings is 4. The van der Waals surface area contributed by atoms with Crippen molar-refractivity contribution in [2.75, 3.05) is 24.9 Å². The summed E-state index contributed by atoms with van der Waals surface area (Å²) in [4.78, 5) is 73.1. The van der Waals surface area contributed by atoms with Gasteiger partial charge in [-0.15, -0.1) is 0 Å². The summed E-state index contributed by atoms with van der Waals surface area (Å²) in [6.45, 7) is 5.42. The number of anilines is 2. The number of methoxy groups -OCH3 is 2. The van der Waals surface area contributed by atoms with E-state index in [1.807, 2.05) is 48.6 Å². The molecule has 2 aliphatic carbocycles. The molecule has 0 aromatic heterocycles. The van der Waals surface area contributed by atoms with Crippen molar-refractivity contribution in [1.29, 1.82) is 0 Å². The first-order chi connectivity index (χ1) is 37.1. The number of amides is 3. The number of halogens is 3. The van der Waals surface area contributed by atoms with Gasteiger partial charge in [0.1, 0.15) is 22.9 Å². The average molecular weight is 1080 g/mol. The molecule has 4 aromatic rings. The maximum Gasteiger partial charge on any atom is 0.490 e. The summed E-state index contributed by atoms with van der Waals surface area (Å²) in [5.74, 6) is -1.50. The van der Waals surface area contributed by atoms with Gasteiger partial charge in [-0.2, -0.15) is 13.2 Å². The minimum atomic E-state index is -5.08. The Hall–Kier alpha value is -7.27. The van der Waals surface area contributed by atoms with Crippen LogP contribution in [0.5, 0.6) is 11.5 Å². The first kappa shape index (κ1) is 63.3. The quantitative estimate of drug-likeness (QED) is 0.0441. The van der Waals surface area contributed by atoms with Gasteiger partial charge in [-0.3, -0.25) is 19.2 Å². The van der Waals surface area contributed by atoms with Crippen LogP contribution in [-0.4, -0.2) is 78.6 Å². The largest absolute Gasteiger partial charge is 0.497 e. The standard InChI is InChI=1S/C32H42N2O5.C27H34N2O3.C2HF3O2/c1-32(2,3)39-31(37)34-30(25-12-8-9-13-25)28(35)22-24(15-14-23-10-6-5-7-11-23)16-21-29(36)33-26-17-19-27(38-4)20-18-26;1-32-24-16-14-23(15-17-24)29-26(31)18-13-21(12-11-20-7-3-2-4-8-20)19-25(30)27(28)22-9-5-6-10-22;3-2(4,5)1(6)7/h5-7,10-11,16-21,24-25,30H,8-9,12-15,22H2,1-4H3,(H,33,36)(H,34,37);2-4,7-8,13-18,21-22,27H,5-6,9-12,19,28H2,1H3,(H,29,31);(H,6,7)/b21-16+;18-13+;/t24-,30-;21-,27-;/m00./s1. The topological polar surface area (TPSA) is 212 Å². The molecule has 0 saturated heterocycles. The lowest BCUT2D eigenvalue weighted by molar-refractivity contribution is -0.192. The molecule has 0 heterocycles. The van der Waals surface area contributed by atoms with Crippen LogP contribution in [0.1, 0.15) is 109 Å². The molecule has 3 amide bonds. The van der Waals surface area contributed by atoms with Crippen molar-refractivity contribution in [1.82, 2.24) is 5.32 Å². The molecule has 4 atom stereocenters. The van der Waals surface area contributed by atoms with Gasteiger partial charge in [0.15, 0.2) is 5.78 Å². The molecule has 6 N–H and O–H groups in total. The molecule has 422 valence electrons. The minimum absolute atomic E-state index is 0.0222. The second kappa shape index (κ2) is 32.5. The van der Waals surface area contributed by atoms with Gasteiger partial charge >= 0.3 is 18.2 Å². The van der Waals surface area contributed by atoms with Crippen molar-refractivity contribution in [3.8, 4) is 11.5 Å². The molecule has 0 bridgehead atoms. The summed E-state index contributed by atoms with van der Waals surface area (Å²) in [6.07, 6.45) is 13.1. The zero-order chi connectivity index (χ0) is 57.1. The van der Waals surface area contributed by atoms with Gasteiger partial charge < -0.3 is 41.0 Å². The van der Waals surface area contributed by atoms with E-state index in [4.69, 9.17) is 29.8 Å². The Kier molecular flexibility index (Phi) is 26.3. The number of carbonyl (C=O) groups is 6. The summed E-state index contributed by atoms with van der Waals surface area (Å²) >= 11 is 0. The van der Waals surface area contributed by atoms with Crippen LogP contribution in [-0.2, 0) is 41.6 Å². The van der Waals surface area contributed by atoms with Crippen LogP contribution < -0.4 is 31.2 Å². The number of rotatable bonds is 23. The predicted octanol–water partition coefficient (Wildman–Crippen LogP) is 12.0. The number of carboxylic acid groups (broad SMARTS) is 1. The van der Waals surface area contributed by atoms with Crippen LogP contribution in [0, 0.1) is 23.7 Å². The number of aryl methyl sites for hydroxylation is 2. The molecule has 78 heavy (non-hydrogen) atoms. The zero-order valence-corrected chi connectivity index (χ0v) is 45.4. The first-order valence-electron chi connectivity index (χ1n) is 26.6.